The van der Waals surface area contributed by atoms with E-state index in [-0.39, 0.29) is 30.5 Å². The number of rotatable bonds is 7. The normalized spacial score (nSPS) is 20.6. The lowest BCUT2D eigenvalue weighted by Crippen LogP contribution is -2.60. The van der Waals surface area contributed by atoms with Gasteiger partial charge in [-0.05, 0) is 44.0 Å². The van der Waals surface area contributed by atoms with Crippen molar-refractivity contribution in [2.45, 2.75) is 60.6 Å². The van der Waals surface area contributed by atoms with E-state index in [1.807, 2.05) is 0 Å². The fraction of sp³-hybridized carbons (Fsp3) is 0.429. The third-order valence-corrected chi connectivity index (χ3v) is 7.36. The molecule has 1 aromatic heterocycles. The summed E-state index contributed by atoms with van der Waals surface area (Å²) in [5, 5.41) is 2.51. The quantitative estimate of drug-likeness (QED) is 0.295. The summed E-state index contributed by atoms with van der Waals surface area (Å²) >= 11 is 5.34. The minimum absolute atomic E-state index is 0.0122. The van der Waals surface area contributed by atoms with Gasteiger partial charge in [-0.15, -0.1) is 0 Å². The number of halogens is 9. The highest BCUT2D eigenvalue weighted by atomic mass is 35.5. The van der Waals surface area contributed by atoms with Crippen LogP contribution in [0.2, 0.25) is 0 Å². The summed E-state index contributed by atoms with van der Waals surface area (Å²) < 4.78 is 107. The van der Waals surface area contributed by atoms with Crippen LogP contribution in [0.25, 0.3) is 0 Å². The molecule has 1 N–H and O–H groups in total. The number of nitrogens with zero attached hydrogens (tertiary/aromatic N) is 3. The monoisotopic (exact) mass is 580 g/mol. The molecule has 3 rings (SSSR count). The lowest BCUT2D eigenvalue weighted by Gasteiger charge is -2.42. The minimum atomic E-state index is -10.1. The van der Waals surface area contributed by atoms with Crippen LogP contribution >= 0.6 is 21.8 Å². The Labute approximate surface area is 211 Å². The average Bonchev–Trinajstić information content (AvgIpc) is 2.79. The van der Waals surface area contributed by atoms with E-state index in [0.717, 1.165) is 25.6 Å². The van der Waals surface area contributed by atoms with Crippen LogP contribution in [0, 0.1) is 0 Å². The molecule has 1 saturated carbocycles. The molecule has 2 amide bonds. The number of alkyl halides is 4. The molecule has 6 nitrogen and oxygen atoms in total. The number of nitrogens with one attached hydrogen (secondary N) is 1. The first-order chi connectivity index (χ1) is 16.7. The maximum atomic E-state index is 14.1. The molecule has 0 spiro atoms. The second-order valence-electron chi connectivity index (χ2n) is 8.74. The van der Waals surface area contributed by atoms with E-state index in [1.165, 1.54) is 0 Å². The molecule has 2 aromatic rings. The van der Waals surface area contributed by atoms with E-state index in [2.05, 4.69) is 15.3 Å². The zero-order valence-corrected chi connectivity index (χ0v) is 20.6. The number of anilines is 1. The highest BCUT2D eigenvalue weighted by molar-refractivity contribution is 8.45. The molecule has 1 heterocycles. The molecule has 206 valence electrons. The number of hydrogen-bond acceptors (Lipinski definition) is 4. The summed E-state index contributed by atoms with van der Waals surface area (Å²) in [6.45, 7) is 1.08. The van der Waals surface area contributed by atoms with Crippen molar-refractivity contribution < 1.29 is 42.2 Å². The summed E-state index contributed by atoms with van der Waals surface area (Å²) in [4.78, 5) is 32.1. The van der Waals surface area contributed by atoms with Gasteiger partial charge in [0, 0.05) is 42.5 Å². The third-order valence-electron chi connectivity index (χ3n) is 6.01. The Hall–Kier alpha value is -2.68. The van der Waals surface area contributed by atoms with E-state index in [4.69, 9.17) is 11.6 Å². The Morgan fingerprint density at radius 1 is 1.08 bits per heavy atom. The number of hydrogen-bond donors (Lipinski definition) is 1. The van der Waals surface area contributed by atoms with Crippen LogP contribution in [0.3, 0.4) is 0 Å². The SMILES string of the molecule is C[C@@](C(=O)NC1CCC(F)(F)CC1)(c1cncnc1)N(C(=O)[C@H](F)Cl)c1ccc(S(F)(F)(F)(F)F)cc1. The van der Waals surface area contributed by atoms with Gasteiger partial charge in [0.05, 0.1) is 0 Å². The van der Waals surface area contributed by atoms with Crippen LogP contribution in [-0.4, -0.2) is 39.4 Å². The molecule has 16 heteroatoms. The van der Waals surface area contributed by atoms with Crippen molar-refractivity contribution in [3.8, 4) is 0 Å². The predicted molar refractivity (Wildman–Crippen MR) is 121 cm³/mol. The van der Waals surface area contributed by atoms with Gasteiger partial charge >= 0.3 is 10.2 Å². The Bertz CT molecular complexity index is 1160. The maximum absolute atomic E-state index is 14.1. The highest BCUT2D eigenvalue weighted by Gasteiger charge is 2.65. The van der Waals surface area contributed by atoms with Gasteiger partial charge in [0.2, 0.25) is 5.92 Å². The molecule has 0 radical (unpaired) electrons. The van der Waals surface area contributed by atoms with Gasteiger partial charge in [-0.2, -0.15) is 0 Å². The highest BCUT2D eigenvalue weighted by Crippen LogP contribution is 3.02. The topological polar surface area (TPSA) is 75.2 Å². The van der Waals surface area contributed by atoms with E-state index in [1.54, 1.807) is 0 Å². The number of amides is 2. The number of carbonyl (C=O) groups is 2. The first-order valence-electron chi connectivity index (χ1n) is 10.7. The Balaban J connectivity index is 2.11. The molecule has 1 aliphatic carbocycles. The molecule has 0 unspecified atom stereocenters. The summed E-state index contributed by atoms with van der Waals surface area (Å²) in [6, 6.07) is 0.117. The van der Waals surface area contributed by atoms with Crippen molar-refractivity contribution in [1.82, 2.24) is 15.3 Å². The van der Waals surface area contributed by atoms with Crippen molar-refractivity contribution in [3.05, 3.63) is 48.5 Å². The first-order valence-corrected chi connectivity index (χ1v) is 13.0. The second kappa shape index (κ2) is 8.96. The van der Waals surface area contributed by atoms with E-state index >= 15 is 0 Å². The number of carbonyl (C=O) groups excluding carboxylic acids is 2. The molecule has 1 aliphatic rings. The third kappa shape index (κ3) is 6.43. The van der Waals surface area contributed by atoms with Gasteiger partial charge in [0.1, 0.15) is 11.2 Å². The Kier molecular flexibility index (Phi) is 7.00. The van der Waals surface area contributed by atoms with Crippen LogP contribution in [0.15, 0.2) is 47.9 Å². The largest absolute Gasteiger partial charge is 0.351 e. The molecular weight excluding hydrogens is 560 g/mol. The van der Waals surface area contributed by atoms with Crippen molar-refractivity contribution in [2.75, 3.05) is 4.90 Å². The van der Waals surface area contributed by atoms with Gasteiger partial charge in [-0.1, -0.05) is 31.0 Å². The van der Waals surface area contributed by atoms with Crippen molar-refractivity contribution in [2.24, 2.45) is 0 Å². The number of aromatic nitrogens is 2. The van der Waals surface area contributed by atoms with Gasteiger partial charge in [0.25, 0.3) is 17.4 Å². The smallest absolute Gasteiger partial charge is 0.310 e. The molecule has 0 bridgehead atoms. The number of benzene rings is 1. The van der Waals surface area contributed by atoms with Gasteiger partial charge in [-0.25, -0.2) is 23.1 Å². The Morgan fingerprint density at radius 3 is 2.05 bits per heavy atom. The standard InChI is InChI=1S/C21H21ClF8N4O2S/c1-20(13-10-31-12-32-11-13,19(36)33-14-6-8-21(24,25)9-7-14)34(18(35)17(22)23)15-2-4-16(5-3-15)37(26,27,28,29)30/h2-5,10-12,14,17H,6-9H2,1H3,(H,33,36)/t17-,20-/m0/s1. The molecule has 1 aromatic carbocycles. The molecule has 37 heavy (non-hydrogen) atoms. The van der Waals surface area contributed by atoms with Crippen LogP contribution in [-0.2, 0) is 15.1 Å². The zero-order valence-electron chi connectivity index (χ0n) is 19.0. The summed E-state index contributed by atoms with van der Waals surface area (Å²) in [6.07, 6.45) is 1.85. The Morgan fingerprint density at radius 2 is 1.59 bits per heavy atom. The first kappa shape index (κ1) is 28.9. The molecule has 0 aliphatic heterocycles. The van der Waals surface area contributed by atoms with E-state index in [9.17, 15) is 42.2 Å². The maximum Gasteiger partial charge on any atom is 0.310 e. The van der Waals surface area contributed by atoms with Crippen molar-refractivity contribution in [1.29, 1.82) is 0 Å². The van der Waals surface area contributed by atoms with Crippen LogP contribution in [0.5, 0.6) is 0 Å². The molecule has 1 fully saturated rings. The average molecular weight is 581 g/mol. The van der Waals surface area contributed by atoms with Gasteiger partial charge < -0.3 is 5.32 Å². The molecular formula is C21H21ClF8N4O2S. The van der Waals surface area contributed by atoms with Crippen LogP contribution in [0.4, 0.5) is 38.3 Å². The van der Waals surface area contributed by atoms with Gasteiger partial charge in [0.15, 0.2) is 5.54 Å². The lowest BCUT2D eigenvalue weighted by molar-refractivity contribution is -0.132. The van der Waals surface area contributed by atoms with Gasteiger partial charge in [-0.3, -0.25) is 14.5 Å². The molecule has 0 saturated heterocycles. The van der Waals surface area contributed by atoms with Crippen molar-refractivity contribution in [3.63, 3.8) is 0 Å². The fourth-order valence-electron chi connectivity index (χ4n) is 3.98. The lowest BCUT2D eigenvalue weighted by atomic mass is 9.87. The van der Waals surface area contributed by atoms with Crippen LogP contribution in [0.1, 0.15) is 38.2 Å². The van der Waals surface area contributed by atoms with E-state index < -0.39 is 68.6 Å². The summed E-state index contributed by atoms with van der Waals surface area (Å²) in [7, 11) is -10.1. The van der Waals surface area contributed by atoms with Crippen LogP contribution < -0.4 is 10.2 Å². The minimum Gasteiger partial charge on any atom is -0.351 e. The summed E-state index contributed by atoms with van der Waals surface area (Å²) in [5.41, 5.74) is -5.85. The predicted octanol–water partition coefficient (Wildman–Crippen LogP) is 6.61. The fourth-order valence-corrected chi connectivity index (χ4v) is 4.73. The second-order valence-corrected chi connectivity index (χ2v) is 11.5. The molecule has 2 atom stereocenters. The van der Waals surface area contributed by atoms with Crippen molar-refractivity contribution >= 4 is 39.3 Å². The summed E-state index contributed by atoms with van der Waals surface area (Å²) in [5.74, 6) is -5.58. The zero-order chi connectivity index (χ0) is 27.9. The van der Waals surface area contributed by atoms with E-state index in [0.29, 0.717) is 17.0 Å².